The van der Waals surface area contributed by atoms with Crippen molar-refractivity contribution in [3.63, 3.8) is 0 Å². The maximum Gasteiger partial charge on any atom is 0.0593 e. The Labute approximate surface area is 110 Å². The molecule has 0 radical (unpaired) electrons. The first-order chi connectivity index (χ1) is 8.58. The summed E-state index contributed by atoms with van der Waals surface area (Å²) < 4.78 is 0. The molecule has 100 valence electrons. The molecule has 18 heavy (non-hydrogen) atoms. The predicted molar refractivity (Wildman–Crippen MR) is 76.4 cm³/mol. The number of aryl methyl sites for hydroxylation is 1. The van der Waals surface area contributed by atoms with Gasteiger partial charge in [-0.25, -0.2) is 0 Å². The molecule has 1 fully saturated rings. The lowest BCUT2D eigenvalue weighted by atomic mass is 10.1. The number of rotatable bonds is 4. The minimum atomic E-state index is 0.887. The highest BCUT2D eigenvalue weighted by molar-refractivity contribution is 5.53. The van der Waals surface area contributed by atoms with Crippen molar-refractivity contribution in [2.75, 3.05) is 19.3 Å². The van der Waals surface area contributed by atoms with Crippen LogP contribution < -0.4 is 5.73 Å². The molecular formula is C15H25N3. The summed E-state index contributed by atoms with van der Waals surface area (Å²) in [7, 11) is 2.19. The zero-order valence-corrected chi connectivity index (χ0v) is 11.9. The van der Waals surface area contributed by atoms with Crippen LogP contribution in [0.25, 0.3) is 0 Å². The van der Waals surface area contributed by atoms with Crippen LogP contribution in [-0.4, -0.2) is 23.5 Å². The maximum absolute atomic E-state index is 6.06. The minimum Gasteiger partial charge on any atom is -0.398 e. The summed E-state index contributed by atoms with van der Waals surface area (Å²) in [4.78, 5) is 6.92. The first kappa shape index (κ1) is 13.3. The van der Waals surface area contributed by atoms with E-state index in [1.807, 2.05) is 13.1 Å². The lowest BCUT2D eigenvalue weighted by Gasteiger charge is -2.21. The van der Waals surface area contributed by atoms with E-state index in [0.717, 1.165) is 35.0 Å². The van der Waals surface area contributed by atoms with Crippen LogP contribution in [0, 0.1) is 19.8 Å². The Bertz CT molecular complexity index is 408. The second-order valence-electron chi connectivity index (χ2n) is 5.77. The highest BCUT2D eigenvalue weighted by Crippen LogP contribution is 2.26. The van der Waals surface area contributed by atoms with Crippen molar-refractivity contribution in [1.29, 1.82) is 0 Å². The van der Waals surface area contributed by atoms with E-state index < -0.39 is 0 Å². The van der Waals surface area contributed by atoms with Crippen molar-refractivity contribution < 1.29 is 0 Å². The lowest BCUT2D eigenvalue weighted by Crippen LogP contribution is -2.25. The maximum atomic E-state index is 6.06. The number of hydrogen-bond donors (Lipinski definition) is 1. The van der Waals surface area contributed by atoms with Gasteiger partial charge >= 0.3 is 0 Å². The fourth-order valence-corrected chi connectivity index (χ4v) is 2.91. The number of hydrogen-bond acceptors (Lipinski definition) is 3. The first-order valence-corrected chi connectivity index (χ1v) is 6.97. The molecule has 0 aromatic carbocycles. The summed E-state index contributed by atoms with van der Waals surface area (Å²) in [5.74, 6) is 0.887. The molecule has 0 amide bonds. The van der Waals surface area contributed by atoms with Gasteiger partial charge in [-0.1, -0.05) is 12.8 Å². The number of nitrogen functional groups attached to an aromatic ring is 1. The smallest absolute Gasteiger partial charge is 0.0593 e. The zero-order chi connectivity index (χ0) is 13.1. The minimum absolute atomic E-state index is 0.887. The molecule has 1 aromatic heterocycles. The van der Waals surface area contributed by atoms with Crippen molar-refractivity contribution in [3.05, 3.63) is 23.0 Å². The van der Waals surface area contributed by atoms with E-state index in [0.29, 0.717) is 0 Å². The van der Waals surface area contributed by atoms with Gasteiger partial charge in [0, 0.05) is 25.0 Å². The van der Waals surface area contributed by atoms with Crippen LogP contribution in [-0.2, 0) is 6.54 Å². The summed E-state index contributed by atoms with van der Waals surface area (Å²) in [5.41, 5.74) is 10.3. The average Bonchev–Trinajstić information content (AvgIpc) is 2.83. The molecular weight excluding hydrogens is 222 g/mol. The molecule has 0 bridgehead atoms. The molecule has 1 aliphatic carbocycles. The van der Waals surface area contributed by atoms with Gasteiger partial charge in [-0.05, 0) is 50.8 Å². The fourth-order valence-electron chi connectivity index (χ4n) is 2.91. The number of anilines is 1. The molecule has 2 rings (SSSR count). The Morgan fingerprint density at radius 2 is 2.00 bits per heavy atom. The second-order valence-corrected chi connectivity index (χ2v) is 5.77. The Kier molecular flexibility index (Phi) is 4.23. The SMILES string of the molecule is Cc1cnc(CN(C)CC2CCCC2)c(C)c1N. The van der Waals surface area contributed by atoms with E-state index in [-0.39, 0.29) is 0 Å². The topological polar surface area (TPSA) is 42.2 Å². The molecule has 0 atom stereocenters. The first-order valence-electron chi connectivity index (χ1n) is 6.97. The Morgan fingerprint density at radius 1 is 1.33 bits per heavy atom. The fraction of sp³-hybridized carbons (Fsp3) is 0.667. The third-order valence-electron chi connectivity index (χ3n) is 4.14. The highest BCUT2D eigenvalue weighted by atomic mass is 15.1. The van der Waals surface area contributed by atoms with E-state index in [9.17, 15) is 0 Å². The van der Waals surface area contributed by atoms with Gasteiger partial charge in [0.1, 0.15) is 0 Å². The van der Waals surface area contributed by atoms with Crippen molar-refractivity contribution in [1.82, 2.24) is 9.88 Å². The van der Waals surface area contributed by atoms with Crippen LogP contribution in [0.1, 0.15) is 42.5 Å². The van der Waals surface area contributed by atoms with Gasteiger partial charge in [0.2, 0.25) is 0 Å². The Hall–Kier alpha value is -1.09. The molecule has 0 aliphatic heterocycles. The molecule has 3 heteroatoms. The summed E-state index contributed by atoms with van der Waals surface area (Å²) >= 11 is 0. The quantitative estimate of drug-likeness (QED) is 0.889. The lowest BCUT2D eigenvalue weighted by molar-refractivity contribution is 0.268. The third kappa shape index (κ3) is 3.02. The predicted octanol–water partition coefficient (Wildman–Crippen LogP) is 2.90. The van der Waals surface area contributed by atoms with Gasteiger partial charge in [0.25, 0.3) is 0 Å². The average molecular weight is 247 g/mol. The second kappa shape index (κ2) is 5.70. The monoisotopic (exact) mass is 247 g/mol. The summed E-state index contributed by atoms with van der Waals surface area (Å²) in [6.45, 7) is 6.19. The number of pyridine rings is 1. The molecule has 1 saturated carbocycles. The summed E-state index contributed by atoms with van der Waals surface area (Å²) in [6, 6.07) is 0. The van der Waals surface area contributed by atoms with E-state index >= 15 is 0 Å². The van der Waals surface area contributed by atoms with E-state index in [2.05, 4.69) is 23.9 Å². The van der Waals surface area contributed by atoms with Crippen LogP contribution in [0.3, 0.4) is 0 Å². The highest BCUT2D eigenvalue weighted by Gasteiger charge is 2.17. The molecule has 0 spiro atoms. The van der Waals surface area contributed by atoms with Gasteiger partial charge < -0.3 is 10.6 Å². The van der Waals surface area contributed by atoms with Gasteiger partial charge in [-0.15, -0.1) is 0 Å². The van der Waals surface area contributed by atoms with E-state index in [1.54, 1.807) is 0 Å². The van der Waals surface area contributed by atoms with Crippen LogP contribution in [0.4, 0.5) is 5.69 Å². The molecule has 0 unspecified atom stereocenters. The summed E-state index contributed by atoms with van der Waals surface area (Å²) in [5, 5.41) is 0. The molecule has 1 aliphatic rings. The van der Waals surface area contributed by atoms with Crippen molar-refractivity contribution in [2.24, 2.45) is 5.92 Å². The normalized spacial score (nSPS) is 16.7. The van der Waals surface area contributed by atoms with Crippen LogP contribution >= 0.6 is 0 Å². The van der Waals surface area contributed by atoms with Gasteiger partial charge in [0.05, 0.1) is 5.69 Å². The van der Waals surface area contributed by atoms with Crippen molar-refractivity contribution >= 4 is 5.69 Å². The zero-order valence-electron chi connectivity index (χ0n) is 11.9. The Morgan fingerprint density at radius 3 is 2.67 bits per heavy atom. The van der Waals surface area contributed by atoms with Gasteiger partial charge in [-0.3, -0.25) is 4.98 Å². The number of nitrogens with two attached hydrogens (primary N) is 1. The van der Waals surface area contributed by atoms with Crippen LogP contribution in [0.5, 0.6) is 0 Å². The number of aromatic nitrogens is 1. The molecule has 3 nitrogen and oxygen atoms in total. The van der Waals surface area contributed by atoms with E-state index in [4.69, 9.17) is 5.73 Å². The van der Waals surface area contributed by atoms with Gasteiger partial charge in [-0.2, -0.15) is 0 Å². The van der Waals surface area contributed by atoms with Crippen LogP contribution in [0.2, 0.25) is 0 Å². The third-order valence-corrected chi connectivity index (χ3v) is 4.14. The van der Waals surface area contributed by atoms with Crippen LogP contribution in [0.15, 0.2) is 6.20 Å². The molecule has 1 aromatic rings. The molecule has 2 N–H and O–H groups in total. The molecule has 0 saturated heterocycles. The summed E-state index contributed by atoms with van der Waals surface area (Å²) in [6.07, 6.45) is 7.50. The van der Waals surface area contributed by atoms with Crippen molar-refractivity contribution in [2.45, 2.75) is 46.1 Å². The molecule has 1 heterocycles. The number of nitrogens with zero attached hydrogens (tertiary/aromatic N) is 2. The standard InChI is InChI=1S/C15H25N3/c1-11-8-17-14(12(2)15(11)16)10-18(3)9-13-6-4-5-7-13/h8,13H,4-7,9-10H2,1-3H3,(H2,16,17). The van der Waals surface area contributed by atoms with Gasteiger partial charge in [0.15, 0.2) is 0 Å². The van der Waals surface area contributed by atoms with E-state index in [1.165, 1.54) is 32.2 Å². The van der Waals surface area contributed by atoms with Crippen molar-refractivity contribution in [3.8, 4) is 0 Å². The Balaban J connectivity index is 1.98. The largest absolute Gasteiger partial charge is 0.398 e.